The Morgan fingerprint density at radius 3 is 1.65 bits per heavy atom. The topological polar surface area (TPSA) is 205 Å². The average molecular weight is 826 g/mol. The normalized spacial score (nSPS) is 19.4. The summed E-state index contributed by atoms with van der Waals surface area (Å²) >= 11 is 1.40. The lowest BCUT2D eigenvalue weighted by Crippen LogP contribution is -2.48. The number of hydrogen-bond donors (Lipinski definition) is 1. The molecule has 4 amide bonds. The lowest BCUT2D eigenvalue weighted by atomic mass is 10.2. The Morgan fingerprint density at radius 2 is 1.19 bits per heavy atom. The molecule has 18 nitrogen and oxygen atoms in total. The monoisotopic (exact) mass is 825 g/mol. The Hall–Kier alpha value is -4.26. The van der Waals surface area contributed by atoms with Gasteiger partial charge in [0.05, 0.1) is 0 Å². The van der Waals surface area contributed by atoms with Crippen molar-refractivity contribution in [2.75, 3.05) is 70.5 Å². The van der Waals surface area contributed by atoms with Crippen molar-refractivity contribution in [1.29, 1.82) is 0 Å². The first-order valence-electron chi connectivity index (χ1n) is 19.5. The van der Waals surface area contributed by atoms with Crippen LogP contribution in [0.2, 0.25) is 0 Å². The van der Waals surface area contributed by atoms with Crippen molar-refractivity contribution in [2.24, 2.45) is 0 Å². The highest BCUT2D eigenvalue weighted by Gasteiger charge is 2.31. The molecule has 2 aliphatic heterocycles. The van der Waals surface area contributed by atoms with E-state index in [-0.39, 0.29) is 90.0 Å². The number of nitrogen functional groups attached to an aromatic ring is 1. The molecule has 3 heterocycles. The van der Waals surface area contributed by atoms with Crippen molar-refractivity contribution in [1.82, 2.24) is 29.2 Å². The maximum Gasteiger partial charge on any atom is 0.410 e. The van der Waals surface area contributed by atoms with Gasteiger partial charge in [-0.05, 0) is 87.6 Å². The molecule has 2 N–H and O–H groups in total. The number of carbonyl (C=O) groups is 5. The zero-order valence-electron chi connectivity index (χ0n) is 35.1. The number of thioether (sulfide) groups is 1. The van der Waals surface area contributed by atoms with E-state index in [9.17, 15) is 28.8 Å². The fourth-order valence-corrected chi connectivity index (χ4v) is 6.70. The number of aromatic nitrogens is 2. The van der Waals surface area contributed by atoms with Crippen molar-refractivity contribution < 1.29 is 47.7 Å². The largest absolute Gasteiger partial charge is 0.462 e. The highest BCUT2D eigenvalue weighted by Crippen LogP contribution is 2.31. The predicted octanol–water partition coefficient (Wildman–Crippen LogP) is 4.46. The van der Waals surface area contributed by atoms with Gasteiger partial charge in [0.15, 0.2) is 0 Å². The van der Waals surface area contributed by atoms with E-state index in [1.807, 2.05) is 0 Å². The third-order valence-electron chi connectivity index (χ3n) is 8.35. The zero-order chi connectivity index (χ0) is 42.6. The summed E-state index contributed by atoms with van der Waals surface area (Å²) in [5, 5.41) is 0. The van der Waals surface area contributed by atoms with Crippen LogP contribution in [-0.2, 0) is 33.3 Å². The molecule has 0 aliphatic carbocycles. The van der Waals surface area contributed by atoms with Crippen molar-refractivity contribution in [3.8, 4) is 0 Å². The number of hydrogen-bond acceptors (Lipinski definition) is 14. The Labute approximate surface area is 340 Å². The third-order valence-corrected chi connectivity index (χ3v) is 9.44. The fraction of sp³-hybridized carbons (Fsp3) is 0.763. The van der Waals surface area contributed by atoms with Gasteiger partial charge in [-0.3, -0.25) is 14.2 Å². The molecular formula is C38H63N7O11S. The van der Waals surface area contributed by atoms with Crippen LogP contribution in [-0.4, -0.2) is 146 Å². The summed E-state index contributed by atoms with van der Waals surface area (Å²) in [6.07, 6.45) is 0.342. The minimum Gasteiger partial charge on any atom is -0.462 e. The van der Waals surface area contributed by atoms with Crippen LogP contribution in [0.3, 0.4) is 0 Å². The van der Waals surface area contributed by atoms with E-state index in [4.69, 9.17) is 29.4 Å². The van der Waals surface area contributed by atoms with Gasteiger partial charge < -0.3 is 49.0 Å². The molecular weight excluding hydrogens is 763 g/mol. The molecule has 1 aromatic rings. The molecule has 1 aromatic heterocycles. The Balaban J connectivity index is 1.66. The van der Waals surface area contributed by atoms with Gasteiger partial charge in [-0.15, -0.1) is 11.8 Å². The second-order valence-electron chi connectivity index (χ2n) is 16.9. The third kappa shape index (κ3) is 17.4. The van der Waals surface area contributed by atoms with Crippen LogP contribution in [0.4, 0.5) is 20.2 Å². The maximum absolute atomic E-state index is 13.7. The average Bonchev–Trinajstić information content (AvgIpc) is 3.54. The first-order chi connectivity index (χ1) is 26.5. The summed E-state index contributed by atoms with van der Waals surface area (Å²) in [4.78, 5) is 88.3. The molecule has 0 radical (unpaired) electrons. The molecule has 2 aliphatic rings. The Bertz CT molecular complexity index is 1590. The molecule has 2 saturated heterocycles. The summed E-state index contributed by atoms with van der Waals surface area (Å²) in [6, 6.07) is 1.50. The molecule has 322 valence electrons. The van der Waals surface area contributed by atoms with Gasteiger partial charge in [0.25, 0.3) is 0 Å². The van der Waals surface area contributed by atoms with Crippen LogP contribution in [0.1, 0.15) is 101 Å². The number of carbonyl (C=O) groups excluding carboxylic acids is 5. The van der Waals surface area contributed by atoms with Gasteiger partial charge in [0, 0.05) is 77.1 Å². The Morgan fingerprint density at radius 1 is 0.737 bits per heavy atom. The van der Waals surface area contributed by atoms with Gasteiger partial charge in [-0.25, -0.2) is 19.2 Å². The standard InChI is InChI=1S/C38H63N7O11S/c1-36(2,3)54-33(49)42-18-12-19-44(35(51)56-38(7,8)9)24-23-43(34(50)55-37(4,5)6)17-11-16-41(21-22-42)28(46)13-10-14-30(47)52-25-31-53-29(26-57-31)45-20-15-27(39)40-32(45)48/h15,20,29,31H,10-14,16-19,21-26H2,1-9H3,(H2,39,40,48)/t29-,31+/m1/s1. The smallest absolute Gasteiger partial charge is 0.410 e. The second kappa shape index (κ2) is 20.9. The van der Waals surface area contributed by atoms with Gasteiger partial charge in [-0.2, -0.15) is 4.98 Å². The highest BCUT2D eigenvalue weighted by atomic mass is 32.2. The van der Waals surface area contributed by atoms with E-state index < -0.39 is 58.4 Å². The quantitative estimate of drug-likeness (QED) is 0.298. The van der Waals surface area contributed by atoms with Gasteiger partial charge >= 0.3 is 29.9 Å². The van der Waals surface area contributed by atoms with Crippen LogP contribution in [0.5, 0.6) is 0 Å². The van der Waals surface area contributed by atoms with E-state index >= 15 is 0 Å². The molecule has 0 spiro atoms. The molecule has 2 fully saturated rings. The minimum absolute atomic E-state index is 0.00760. The SMILES string of the molecule is CC(C)(C)OC(=O)N1CCCN(C(=O)OC(C)(C)C)CCN(C(=O)OC(C)(C)C)CCCN(C(=O)CCCC(=O)OC[C@H]2O[C@@H](n3ccc(N)nc3=O)CS2)CC1. The number of esters is 1. The van der Waals surface area contributed by atoms with Crippen LogP contribution >= 0.6 is 11.8 Å². The van der Waals surface area contributed by atoms with Crippen molar-refractivity contribution >= 4 is 47.7 Å². The number of ether oxygens (including phenoxy) is 5. The van der Waals surface area contributed by atoms with Gasteiger partial charge in [0.1, 0.15) is 40.9 Å². The number of nitrogens with two attached hydrogens (primary N) is 1. The van der Waals surface area contributed by atoms with Crippen molar-refractivity contribution in [3.05, 3.63) is 22.7 Å². The number of amides is 4. The summed E-state index contributed by atoms with van der Waals surface area (Å²) in [5.74, 6) is -0.142. The molecule has 0 bridgehead atoms. The summed E-state index contributed by atoms with van der Waals surface area (Å²) in [7, 11) is 0. The second-order valence-corrected chi connectivity index (χ2v) is 18.1. The molecule has 0 saturated carbocycles. The first-order valence-corrected chi connectivity index (χ1v) is 20.5. The summed E-state index contributed by atoms with van der Waals surface area (Å²) in [6.45, 7) is 17.5. The molecule has 0 aromatic carbocycles. The minimum atomic E-state index is -0.758. The predicted molar refractivity (Wildman–Crippen MR) is 213 cm³/mol. The Kier molecular flexibility index (Phi) is 17.3. The molecule has 2 atom stereocenters. The van der Waals surface area contributed by atoms with E-state index in [1.165, 1.54) is 43.3 Å². The first kappa shape index (κ1) is 47.1. The molecule has 19 heteroatoms. The van der Waals surface area contributed by atoms with Crippen molar-refractivity contribution in [2.45, 2.75) is 123 Å². The number of nitrogens with zero attached hydrogens (tertiary/aromatic N) is 6. The fourth-order valence-electron chi connectivity index (χ4n) is 5.71. The van der Waals surface area contributed by atoms with Gasteiger partial charge in [-0.1, -0.05) is 0 Å². The van der Waals surface area contributed by atoms with E-state index in [2.05, 4.69) is 4.98 Å². The maximum atomic E-state index is 13.7. The van der Waals surface area contributed by atoms with E-state index in [0.717, 1.165) is 0 Å². The van der Waals surface area contributed by atoms with Gasteiger partial charge in [0.2, 0.25) is 5.91 Å². The van der Waals surface area contributed by atoms with Crippen molar-refractivity contribution in [3.63, 3.8) is 0 Å². The zero-order valence-corrected chi connectivity index (χ0v) is 35.9. The highest BCUT2D eigenvalue weighted by molar-refractivity contribution is 8.00. The summed E-state index contributed by atoms with van der Waals surface area (Å²) < 4.78 is 29.6. The summed E-state index contributed by atoms with van der Waals surface area (Å²) in [5.41, 5.74) is 2.31. The number of anilines is 1. The van der Waals surface area contributed by atoms with Crippen LogP contribution in [0.15, 0.2) is 17.1 Å². The van der Waals surface area contributed by atoms with Crippen LogP contribution in [0.25, 0.3) is 0 Å². The lowest BCUT2D eigenvalue weighted by Gasteiger charge is -2.34. The van der Waals surface area contributed by atoms with E-state index in [0.29, 0.717) is 18.6 Å². The van der Waals surface area contributed by atoms with Crippen LogP contribution < -0.4 is 11.4 Å². The molecule has 3 rings (SSSR count). The lowest BCUT2D eigenvalue weighted by molar-refractivity contribution is -0.147. The number of rotatable bonds is 7. The molecule has 57 heavy (non-hydrogen) atoms. The van der Waals surface area contributed by atoms with E-state index in [1.54, 1.807) is 67.2 Å². The van der Waals surface area contributed by atoms with Crippen LogP contribution in [0, 0.1) is 0 Å². The molecule has 0 unspecified atom stereocenters.